The molecule has 0 saturated carbocycles. The highest BCUT2D eigenvalue weighted by atomic mass is 16.6. The summed E-state index contributed by atoms with van der Waals surface area (Å²) < 4.78 is 0. The van der Waals surface area contributed by atoms with Gasteiger partial charge in [0.15, 0.2) is 0 Å². The zero-order valence-corrected chi connectivity index (χ0v) is 15.7. The van der Waals surface area contributed by atoms with Crippen LogP contribution in [0, 0.1) is 10.1 Å². The maximum absolute atomic E-state index is 11.2. The molecule has 0 saturated heterocycles. The van der Waals surface area contributed by atoms with Gasteiger partial charge in [-0.1, -0.05) is 6.07 Å². The van der Waals surface area contributed by atoms with Crippen molar-refractivity contribution < 1.29 is 4.92 Å². The number of rotatable bonds is 6. The molecule has 0 unspecified atom stereocenters. The predicted octanol–water partition coefficient (Wildman–Crippen LogP) is 4.70. The lowest BCUT2D eigenvalue weighted by Crippen LogP contribution is -2.04. The lowest BCUT2D eigenvalue weighted by molar-refractivity contribution is -0.384. The number of nitro groups is 1. The Morgan fingerprint density at radius 3 is 2.77 bits per heavy atom. The number of anilines is 3. The second-order valence-corrected chi connectivity index (χ2v) is 6.83. The summed E-state index contributed by atoms with van der Waals surface area (Å²) in [5.41, 5.74) is 3.45. The molecule has 5 rings (SSSR count). The van der Waals surface area contributed by atoms with E-state index in [1.807, 2.05) is 24.4 Å². The molecular weight excluding hydrogens is 382 g/mol. The molecule has 3 heterocycles. The lowest BCUT2D eigenvalue weighted by Gasteiger charge is -2.10. The van der Waals surface area contributed by atoms with E-state index in [0.29, 0.717) is 29.5 Å². The first-order valence-corrected chi connectivity index (χ1v) is 9.31. The first-order chi connectivity index (χ1) is 14.7. The minimum absolute atomic E-state index is 0.0121. The van der Waals surface area contributed by atoms with Crippen LogP contribution in [0.4, 0.5) is 23.1 Å². The van der Waals surface area contributed by atoms with Gasteiger partial charge in [-0.2, -0.15) is 4.98 Å². The normalized spacial score (nSPS) is 11.1. The number of aromatic nitrogens is 4. The van der Waals surface area contributed by atoms with E-state index < -0.39 is 4.92 Å². The Morgan fingerprint density at radius 2 is 1.87 bits per heavy atom. The first-order valence-electron chi connectivity index (χ1n) is 9.31. The Balaban J connectivity index is 1.36. The molecule has 2 aromatic carbocycles. The Hall–Kier alpha value is -4.40. The highest BCUT2D eigenvalue weighted by molar-refractivity contribution is 5.95. The number of nitro benzene ring substituents is 1. The Labute approximate surface area is 170 Å². The Bertz CT molecular complexity index is 1370. The fraction of sp³-hybridized carbons (Fsp3) is 0.0476. The molecule has 5 aromatic rings. The summed E-state index contributed by atoms with van der Waals surface area (Å²) in [6, 6.07) is 14.9. The van der Waals surface area contributed by atoms with Crippen LogP contribution in [0.15, 0.2) is 67.1 Å². The van der Waals surface area contributed by atoms with E-state index in [1.165, 1.54) is 12.1 Å². The van der Waals surface area contributed by atoms with Gasteiger partial charge < -0.3 is 20.6 Å². The van der Waals surface area contributed by atoms with Gasteiger partial charge in [0.2, 0.25) is 5.95 Å². The summed E-state index contributed by atoms with van der Waals surface area (Å²) in [6.45, 7) is 0.608. The maximum atomic E-state index is 11.2. The molecule has 0 radical (unpaired) electrons. The summed E-state index contributed by atoms with van der Waals surface area (Å²) in [5.74, 6) is 1.00. The Kier molecular flexibility index (Phi) is 4.25. The summed E-state index contributed by atoms with van der Waals surface area (Å²) in [6.07, 6.45) is 5.29. The van der Waals surface area contributed by atoms with E-state index in [-0.39, 0.29) is 5.69 Å². The van der Waals surface area contributed by atoms with E-state index in [1.54, 1.807) is 18.5 Å². The number of hydrogen-bond donors (Lipinski definition) is 4. The van der Waals surface area contributed by atoms with Crippen LogP contribution in [0.25, 0.3) is 21.8 Å². The largest absolute Gasteiger partial charge is 0.366 e. The molecule has 148 valence electrons. The van der Waals surface area contributed by atoms with E-state index in [9.17, 15) is 10.1 Å². The number of nitrogens with zero attached hydrogens (tertiary/aromatic N) is 3. The average molecular weight is 399 g/mol. The maximum Gasteiger partial charge on any atom is 0.273 e. The predicted molar refractivity (Wildman–Crippen MR) is 116 cm³/mol. The Morgan fingerprint density at radius 1 is 1.00 bits per heavy atom. The fourth-order valence-corrected chi connectivity index (χ4v) is 3.40. The zero-order chi connectivity index (χ0) is 20.5. The highest BCUT2D eigenvalue weighted by Gasteiger charge is 2.13. The van der Waals surface area contributed by atoms with Gasteiger partial charge in [0.05, 0.1) is 16.1 Å². The van der Waals surface area contributed by atoms with Gasteiger partial charge in [0, 0.05) is 48.2 Å². The smallest absolute Gasteiger partial charge is 0.273 e. The minimum Gasteiger partial charge on any atom is -0.366 e. The number of benzene rings is 2. The molecule has 0 spiro atoms. The monoisotopic (exact) mass is 399 g/mol. The molecule has 9 heteroatoms. The number of nitrogens with one attached hydrogen (secondary N) is 4. The van der Waals surface area contributed by atoms with E-state index in [2.05, 4.69) is 42.7 Å². The van der Waals surface area contributed by atoms with Crippen molar-refractivity contribution in [2.75, 3.05) is 10.6 Å². The molecule has 0 aliphatic heterocycles. The van der Waals surface area contributed by atoms with Gasteiger partial charge in [-0.3, -0.25) is 10.1 Å². The molecule has 0 aliphatic carbocycles. The number of H-pyrrole nitrogens is 2. The van der Waals surface area contributed by atoms with Gasteiger partial charge in [-0.25, -0.2) is 4.98 Å². The summed E-state index contributed by atoms with van der Waals surface area (Å²) in [5, 5.41) is 19.6. The van der Waals surface area contributed by atoms with Gasteiger partial charge in [-0.05, 0) is 41.3 Å². The van der Waals surface area contributed by atoms with Crippen molar-refractivity contribution in [3.05, 3.63) is 82.8 Å². The number of fused-ring (bicyclic) bond motifs is 2. The number of aromatic amines is 2. The lowest BCUT2D eigenvalue weighted by atomic mass is 10.1. The minimum atomic E-state index is -0.425. The van der Waals surface area contributed by atoms with Crippen LogP contribution < -0.4 is 10.6 Å². The van der Waals surface area contributed by atoms with Crippen LogP contribution >= 0.6 is 0 Å². The first kappa shape index (κ1) is 17.7. The van der Waals surface area contributed by atoms with E-state index in [4.69, 9.17) is 0 Å². The standard InChI is InChI=1S/C21H17N7O2/c29-28(30)15-10-18-16(4-7-23-18)19(11-15)26-21-24-8-5-20(27-21)25-12-13-1-2-17-14(9-13)3-6-22-17/h1-11,22-23H,12H2,(H2,24,25,26,27). The van der Waals surface area contributed by atoms with Crippen LogP contribution in [-0.4, -0.2) is 24.9 Å². The highest BCUT2D eigenvalue weighted by Crippen LogP contribution is 2.30. The SMILES string of the molecule is O=[N+]([O-])c1cc(Nc2nccc(NCc3ccc4[nH]ccc4c3)n2)c2cc[nH]c2c1. The number of non-ortho nitro benzene ring substituents is 1. The van der Waals surface area contributed by atoms with Crippen molar-refractivity contribution in [1.82, 2.24) is 19.9 Å². The van der Waals surface area contributed by atoms with Crippen LogP contribution in [0.5, 0.6) is 0 Å². The van der Waals surface area contributed by atoms with Gasteiger partial charge >= 0.3 is 0 Å². The van der Waals surface area contributed by atoms with Crippen molar-refractivity contribution >= 4 is 44.9 Å². The molecule has 0 aliphatic rings. The quantitative estimate of drug-likeness (QED) is 0.242. The molecule has 0 fully saturated rings. The number of hydrogen-bond acceptors (Lipinski definition) is 6. The molecular formula is C21H17N7O2. The third-order valence-corrected chi connectivity index (χ3v) is 4.86. The van der Waals surface area contributed by atoms with Crippen LogP contribution in [0.2, 0.25) is 0 Å². The summed E-state index contributed by atoms with van der Waals surface area (Å²) in [7, 11) is 0. The summed E-state index contributed by atoms with van der Waals surface area (Å²) in [4.78, 5) is 25.7. The van der Waals surface area contributed by atoms with Crippen LogP contribution in [-0.2, 0) is 6.54 Å². The van der Waals surface area contributed by atoms with Crippen LogP contribution in [0.1, 0.15) is 5.56 Å². The molecule has 30 heavy (non-hydrogen) atoms. The van der Waals surface area contributed by atoms with Crippen molar-refractivity contribution in [2.24, 2.45) is 0 Å². The van der Waals surface area contributed by atoms with Crippen LogP contribution in [0.3, 0.4) is 0 Å². The molecule has 9 nitrogen and oxygen atoms in total. The molecule has 0 amide bonds. The van der Waals surface area contributed by atoms with Gasteiger partial charge in [0.1, 0.15) is 5.82 Å². The van der Waals surface area contributed by atoms with Gasteiger partial charge in [-0.15, -0.1) is 0 Å². The van der Waals surface area contributed by atoms with E-state index in [0.717, 1.165) is 21.9 Å². The zero-order valence-electron chi connectivity index (χ0n) is 15.7. The average Bonchev–Trinajstić information content (AvgIpc) is 3.41. The molecule has 4 N–H and O–H groups in total. The third-order valence-electron chi connectivity index (χ3n) is 4.86. The molecule has 0 bridgehead atoms. The van der Waals surface area contributed by atoms with E-state index >= 15 is 0 Å². The van der Waals surface area contributed by atoms with Crippen molar-refractivity contribution in [3.63, 3.8) is 0 Å². The van der Waals surface area contributed by atoms with Crippen molar-refractivity contribution in [3.8, 4) is 0 Å². The second kappa shape index (κ2) is 7.21. The van der Waals surface area contributed by atoms with Gasteiger partial charge in [0.25, 0.3) is 5.69 Å². The summed E-state index contributed by atoms with van der Waals surface area (Å²) >= 11 is 0. The topological polar surface area (TPSA) is 125 Å². The third kappa shape index (κ3) is 3.39. The molecule has 3 aromatic heterocycles. The fourth-order valence-electron chi connectivity index (χ4n) is 3.40. The second-order valence-electron chi connectivity index (χ2n) is 6.83. The molecule has 0 atom stereocenters. The van der Waals surface area contributed by atoms with Crippen molar-refractivity contribution in [2.45, 2.75) is 6.54 Å². The van der Waals surface area contributed by atoms with Crippen molar-refractivity contribution in [1.29, 1.82) is 0 Å².